The number of pyridine rings is 1. The molecule has 2 aromatic rings. The number of hydrogen-bond donors (Lipinski definition) is 1. The van der Waals surface area contributed by atoms with Crippen molar-refractivity contribution in [2.24, 2.45) is 5.92 Å². The molecule has 3 rings (SSSR count). The molecule has 0 unspecified atom stereocenters. The Hall–Kier alpha value is -1.43. The van der Waals surface area contributed by atoms with Crippen LogP contribution in [0.3, 0.4) is 0 Å². The third-order valence-electron chi connectivity index (χ3n) is 3.98. The Balaban J connectivity index is 1.51. The average molecular weight is 307 g/mol. The van der Waals surface area contributed by atoms with Crippen LogP contribution in [0.5, 0.6) is 0 Å². The van der Waals surface area contributed by atoms with Crippen molar-refractivity contribution in [1.29, 1.82) is 0 Å². The predicted octanol–water partition coefficient (Wildman–Crippen LogP) is 1.47. The number of halogens is 1. The van der Waals surface area contributed by atoms with Gasteiger partial charge in [0, 0.05) is 44.1 Å². The Kier molecular flexibility index (Phi) is 4.53. The number of hydrogen-bond acceptors (Lipinski definition) is 4. The Bertz CT molecular complexity index is 574. The highest BCUT2D eigenvalue weighted by Gasteiger charge is 2.30. The average Bonchev–Trinajstić information content (AvgIpc) is 3.04. The maximum atomic E-state index is 10.2. The molecule has 5 nitrogen and oxygen atoms in total. The SMILES string of the molecule is O[C@@H]1CN(CCn2cc(Cl)cn2)C[C@H]1Cc1ccncc1. The molecule has 2 atom stereocenters. The summed E-state index contributed by atoms with van der Waals surface area (Å²) in [6, 6.07) is 4.03. The van der Waals surface area contributed by atoms with E-state index in [4.69, 9.17) is 11.6 Å². The topological polar surface area (TPSA) is 54.2 Å². The Morgan fingerprint density at radius 1 is 1.24 bits per heavy atom. The second kappa shape index (κ2) is 6.56. The fourth-order valence-electron chi connectivity index (χ4n) is 2.85. The van der Waals surface area contributed by atoms with Crippen molar-refractivity contribution in [3.63, 3.8) is 0 Å². The normalized spacial score (nSPS) is 22.8. The van der Waals surface area contributed by atoms with E-state index < -0.39 is 0 Å². The molecule has 2 aromatic heterocycles. The Morgan fingerprint density at radius 2 is 2.05 bits per heavy atom. The molecule has 112 valence electrons. The zero-order valence-corrected chi connectivity index (χ0v) is 12.5. The van der Waals surface area contributed by atoms with Gasteiger partial charge < -0.3 is 5.11 Å². The lowest BCUT2D eigenvalue weighted by molar-refractivity contribution is 0.141. The van der Waals surface area contributed by atoms with Crippen LogP contribution in [-0.4, -0.2) is 50.5 Å². The summed E-state index contributed by atoms with van der Waals surface area (Å²) < 4.78 is 1.84. The summed E-state index contributed by atoms with van der Waals surface area (Å²) in [5.41, 5.74) is 1.23. The van der Waals surface area contributed by atoms with Crippen LogP contribution in [-0.2, 0) is 13.0 Å². The molecule has 0 radical (unpaired) electrons. The standard InChI is InChI=1S/C15H19ClN4O/c16-14-8-18-20(10-14)6-5-19-9-13(15(21)11-19)7-12-1-3-17-4-2-12/h1-4,8,10,13,15,21H,5-7,9,11H2/t13-,15-/m1/s1. The molecule has 1 fully saturated rings. The Morgan fingerprint density at radius 3 is 2.76 bits per heavy atom. The first-order valence-corrected chi connectivity index (χ1v) is 7.56. The lowest BCUT2D eigenvalue weighted by atomic mass is 9.97. The number of β-amino-alcohol motifs (C(OH)–C–C–N with tert-alkyl or cyclic N) is 1. The lowest BCUT2D eigenvalue weighted by Crippen LogP contribution is -2.26. The molecular formula is C15H19ClN4O. The van der Waals surface area contributed by atoms with E-state index >= 15 is 0 Å². The van der Waals surface area contributed by atoms with Crippen LogP contribution in [0.1, 0.15) is 5.56 Å². The second-order valence-electron chi connectivity index (χ2n) is 5.57. The highest BCUT2D eigenvalue weighted by atomic mass is 35.5. The van der Waals surface area contributed by atoms with Crippen LogP contribution in [0.4, 0.5) is 0 Å². The molecule has 1 aliphatic rings. The van der Waals surface area contributed by atoms with Crippen molar-refractivity contribution >= 4 is 11.6 Å². The van der Waals surface area contributed by atoms with Crippen molar-refractivity contribution in [1.82, 2.24) is 19.7 Å². The lowest BCUT2D eigenvalue weighted by Gasteiger charge is -2.15. The fourth-order valence-corrected chi connectivity index (χ4v) is 3.01. The van der Waals surface area contributed by atoms with Crippen LogP contribution in [0.25, 0.3) is 0 Å². The van der Waals surface area contributed by atoms with Crippen LogP contribution < -0.4 is 0 Å². The molecule has 21 heavy (non-hydrogen) atoms. The first kappa shape index (κ1) is 14.5. The number of aliphatic hydroxyl groups excluding tert-OH is 1. The molecule has 1 saturated heterocycles. The maximum absolute atomic E-state index is 10.2. The van der Waals surface area contributed by atoms with Crippen molar-refractivity contribution < 1.29 is 5.11 Å². The summed E-state index contributed by atoms with van der Waals surface area (Å²) in [5, 5.41) is 15.1. The van der Waals surface area contributed by atoms with Crippen LogP contribution in [0, 0.1) is 5.92 Å². The maximum Gasteiger partial charge on any atom is 0.0785 e. The smallest absolute Gasteiger partial charge is 0.0785 e. The van der Waals surface area contributed by atoms with E-state index in [-0.39, 0.29) is 12.0 Å². The van der Waals surface area contributed by atoms with Gasteiger partial charge in [0.2, 0.25) is 0 Å². The minimum atomic E-state index is -0.264. The third-order valence-corrected chi connectivity index (χ3v) is 4.17. The van der Waals surface area contributed by atoms with Gasteiger partial charge in [0.15, 0.2) is 0 Å². The Labute approximate surface area is 129 Å². The molecular weight excluding hydrogens is 288 g/mol. The van der Waals surface area contributed by atoms with E-state index in [9.17, 15) is 5.11 Å². The van der Waals surface area contributed by atoms with Crippen molar-refractivity contribution in [3.8, 4) is 0 Å². The van der Waals surface area contributed by atoms with Gasteiger partial charge in [-0.15, -0.1) is 0 Å². The summed E-state index contributed by atoms with van der Waals surface area (Å²) >= 11 is 5.85. The van der Waals surface area contributed by atoms with E-state index in [2.05, 4.69) is 15.0 Å². The molecule has 0 bridgehead atoms. The van der Waals surface area contributed by atoms with Crippen LogP contribution in [0.15, 0.2) is 36.9 Å². The van der Waals surface area contributed by atoms with Gasteiger partial charge in [0.25, 0.3) is 0 Å². The predicted molar refractivity (Wildman–Crippen MR) is 81.1 cm³/mol. The molecule has 6 heteroatoms. The van der Waals surface area contributed by atoms with Gasteiger partial charge in [-0.2, -0.15) is 5.10 Å². The highest BCUT2D eigenvalue weighted by Crippen LogP contribution is 2.21. The molecule has 0 aromatic carbocycles. The fraction of sp³-hybridized carbons (Fsp3) is 0.467. The van der Waals surface area contributed by atoms with E-state index in [0.29, 0.717) is 5.02 Å². The first-order valence-electron chi connectivity index (χ1n) is 7.18. The van der Waals surface area contributed by atoms with Crippen molar-refractivity contribution in [2.45, 2.75) is 19.1 Å². The highest BCUT2D eigenvalue weighted by molar-refractivity contribution is 6.30. The molecule has 0 aliphatic carbocycles. The van der Waals surface area contributed by atoms with Gasteiger partial charge in [-0.3, -0.25) is 14.6 Å². The minimum absolute atomic E-state index is 0.264. The van der Waals surface area contributed by atoms with Crippen molar-refractivity contribution in [3.05, 3.63) is 47.5 Å². The van der Waals surface area contributed by atoms with Gasteiger partial charge in [-0.05, 0) is 24.1 Å². The van der Waals surface area contributed by atoms with E-state index in [0.717, 1.165) is 32.6 Å². The molecule has 0 saturated carbocycles. The summed E-state index contributed by atoms with van der Waals surface area (Å²) in [6.45, 7) is 3.31. The largest absolute Gasteiger partial charge is 0.391 e. The minimum Gasteiger partial charge on any atom is -0.391 e. The van der Waals surface area contributed by atoms with Gasteiger partial charge in [-0.25, -0.2) is 0 Å². The van der Waals surface area contributed by atoms with E-state index in [1.807, 2.05) is 23.0 Å². The molecule has 0 amide bonds. The van der Waals surface area contributed by atoms with Crippen LogP contribution in [0.2, 0.25) is 5.02 Å². The molecule has 0 spiro atoms. The zero-order valence-electron chi connectivity index (χ0n) is 11.8. The van der Waals surface area contributed by atoms with Crippen LogP contribution >= 0.6 is 11.6 Å². The molecule has 3 heterocycles. The monoisotopic (exact) mass is 306 g/mol. The van der Waals surface area contributed by atoms with Gasteiger partial charge in [0.1, 0.15) is 0 Å². The van der Waals surface area contributed by atoms with Crippen molar-refractivity contribution in [2.75, 3.05) is 19.6 Å². The quantitative estimate of drug-likeness (QED) is 0.909. The number of aromatic nitrogens is 3. The zero-order chi connectivity index (χ0) is 14.7. The first-order chi connectivity index (χ1) is 10.2. The third kappa shape index (κ3) is 3.81. The number of likely N-dealkylation sites (tertiary alicyclic amines) is 1. The number of rotatable bonds is 5. The van der Waals surface area contributed by atoms with E-state index in [1.165, 1.54) is 5.56 Å². The van der Waals surface area contributed by atoms with Gasteiger partial charge in [0.05, 0.1) is 23.9 Å². The number of aliphatic hydroxyl groups is 1. The van der Waals surface area contributed by atoms with Gasteiger partial charge in [-0.1, -0.05) is 11.6 Å². The summed E-state index contributed by atoms with van der Waals surface area (Å²) in [5.74, 6) is 0.286. The second-order valence-corrected chi connectivity index (χ2v) is 6.00. The number of nitrogens with zero attached hydrogens (tertiary/aromatic N) is 4. The summed E-state index contributed by atoms with van der Waals surface area (Å²) in [4.78, 5) is 6.31. The molecule has 1 aliphatic heterocycles. The summed E-state index contributed by atoms with van der Waals surface area (Å²) in [7, 11) is 0. The van der Waals surface area contributed by atoms with E-state index in [1.54, 1.807) is 18.6 Å². The summed E-state index contributed by atoms with van der Waals surface area (Å²) in [6.07, 6.45) is 7.70. The van der Waals surface area contributed by atoms with Gasteiger partial charge >= 0.3 is 0 Å². The molecule has 1 N–H and O–H groups in total.